The van der Waals surface area contributed by atoms with E-state index in [0.717, 1.165) is 5.57 Å². The summed E-state index contributed by atoms with van der Waals surface area (Å²) in [5.74, 6) is 0. The Labute approximate surface area is 104 Å². The summed E-state index contributed by atoms with van der Waals surface area (Å²) in [5.41, 5.74) is 7.51. The Kier molecular flexibility index (Phi) is 3.14. The molecule has 0 amide bonds. The molecule has 0 radical (unpaired) electrons. The van der Waals surface area contributed by atoms with Crippen LogP contribution in [0.4, 0.5) is 0 Å². The van der Waals surface area contributed by atoms with Gasteiger partial charge in [0.25, 0.3) is 0 Å². The molecule has 0 saturated carbocycles. The number of rotatable bonds is 2. The summed E-state index contributed by atoms with van der Waals surface area (Å²) in [4.78, 5) is 0. The molecule has 17 heavy (non-hydrogen) atoms. The monoisotopic (exact) mass is 222 g/mol. The predicted octanol–water partition coefficient (Wildman–Crippen LogP) is 4.67. The number of hydrogen-bond acceptors (Lipinski definition) is 0. The first-order chi connectivity index (χ1) is 8.11. The van der Waals surface area contributed by atoms with Gasteiger partial charge in [-0.25, -0.2) is 0 Å². The molecule has 0 bridgehead atoms. The van der Waals surface area contributed by atoms with Crippen LogP contribution in [0.25, 0.3) is 5.57 Å². The third kappa shape index (κ3) is 2.16. The van der Waals surface area contributed by atoms with Crippen LogP contribution in [0.3, 0.4) is 0 Å². The van der Waals surface area contributed by atoms with Gasteiger partial charge in [-0.1, -0.05) is 49.0 Å². The lowest BCUT2D eigenvalue weighted by Crippen LogP contribution is -1.94. The van der Waals surface area contributed by atoms with Gasteiger partial charge in [0.05, 0.1) is 0 Å². The van der Waals surface area contributed by atoms with E-state index < -0.39 is 0 Å². The maximum atomic E-state index is 4.26. The second-order valence-corrected chi connectivity index (χ2v) is 4.54. The molecular weight excluding hydrogens is 204 g/mol. The normalized spacial score (nSPS) is 10.3. The second kappa shape index (κ2) is 4.58. The van der Waals surface area contributed by atoms with Crippen molar-refractivity contribution in [2.75, 3.05) is 0 Å². The first-order valence-corrected chi connectivity index (χ1v) is 5.92. The minimum absolute atomic E-state index is 1.12. The van der Waals surface area contributed by atoms with Crippen LogP contribution >= 0.6 is 0 Å². The number of aryl methyl sites for hydroxylation is 2. The summed E-state index contributed by atoms with van der Waals surface area (Å²) in [5, 5.41) is 0. The average molecular weight is 222 g/mol. The van der Waals surface area contributed by atoms with Gasteiger partial charge in [0.15, 0.2) is 0 Å². The van der Waals surface area contributed by atoms with E-state index in [2.05, 4.69) is 69.8 Å². The van der Waals surface area contributed by atoms with E-state index >= 15 is 0 Å². The Bertz CT molecular complexity index is 562. The van der Waals surface area contributed by atoms with Gasteiger partial charge in [-0.15, -0.1) is 0 Å². The van der Waals surface area contributed by atoms with Gasteiger partial charge in [0, 0.05) is 0 Å². The smallest absolute Gasteiger partial charge is 0.0152 e. The Balaban J connectivity index is 2.52. The van der Waals surface area contributed by atoms with Gasteiger partial charge < -0.3 is 0 Å². The third-order valence-electron chi connectivity index (χ3n) is 3.40. The van der Waals surface area contributed by atoms with E-state index in [-0.39, 0.29) is 0 Å². The van der Waals surface area contributed by atoms with Crippen molar-refractivity contribution in [3.05, 3.63) is 76.9 Å². The molecule has 0 aliphatic carbocycles. The fourth-order valence-corrected chi connectivity index (χ4v) is 2.13. The predicted molar refractivity (Wildman–Crippen MR) is 75.2 cm³/mol. The molecule has 0 heterocycles. The lowest BCUT2D eigenvalue weighted by molar-refractivity contribution is 1.31. The topological polar surface area (TPSA) is 0 Å². The highest BCUT2D eigenvalue weighted by molar-refractivity contribution is 5.81. The van der Waals surface area contributed by atoms with E-state index in [9.17, 15) is 0 Å². The van der Waals surface area contributed by atoms with Crippen LogP contribution in [0.1, 0.15) is 27.8 Å². The molecule has 0 saturated heterocycles. The largest absolute Gasteiger partial charge is 0.0905 e. The molecule has 2 aromatic rings. The van der Waals surface area contributed by atoms with Crippen molar-refractivity contribution in [2.24, 2.45) is 0 Å². The fraction of sp³-hybridized carbons (Fsp3) is 0.176. The number of benzene rings is 2. The molecule has 0 atom stereocenters. The van der Waals surface area contributed by atoms with E-state index in [1.807, 2.05) is 0 Å². The van der Waals surface area contributed by atoms with Crippen LogP contribution < -0.4 is 0 Å². The summed E-state index contributed by atoms with van der Waals surface area (Å²) in [6, 6.07) is 14.8. The standard InChI is InChI=1S/C17H18/c1-12-9-7-11-17(14(12)3)15(4)16-10-6-5-8-13(16)2/h5-11H,4H2,1-3H3. The quantitative estimate of drug-likeness (QED) is 0.692. The van der Waals surface area contributed by atoms with Crippen molar-refractivity contribution in [3.8, 4) is 0 Å². The van der Waals surface area contributed by atoms with Crippen molar-refractivity contribution in [2.45, 2.75) is 20.8 Å². The lowest BCUT2D eigenvalue weighted by Gasteiger charge is -2.13. The molecule has 0 nitrogen and oxygen atoms in total. The van der Waals surface area contributed by atoms with E-state index in [1.165, 1.54) is 27.8 Å². The maximum absolute atomic E-state index is 4.26. The van der Waals surface area contributed by atoms with Crippen molar-refractivity contribution >= 4 is 5.57 Å². The molecule has 0 aliphatic heterocycles. The van der Waals surface area contributed by atoms with E-state index in [1.54, 1.807) is 0 Å². The van der Waals surface area contributed by atoms with Gasteiger partial charge in [-0.05, 0) is 54.2 Å². The van der Waals surface area contributed by atoms with Crippen LogP contribution in [-0.4, -0.2) is 0 Å². The SMILES string of the molecule is C=C(c1ccccc1C)c1cccc(C)c1C. The third-order valence-corrected chi connectivity index (χ3v) is 3.40. The van der Waals surface area contributed by atoms with E-state index in [4.69, 9.17) is 0 Å². The first kappa shape index (κ1) is 11.7. The summed E-state index contributed by atoms with van der Waals surface area (Å²) < 4.78 is 0. The van der Waals surface area contributed by atoms with Crippen molar-refractivity contribution in [3.63, 3.8) is 0 Å². The summed E-state index contributed by atoms with van der Waals surface area (Å²) in [7, 11) is 0. The fourth-order valence-electron chi connectivity index (χ4n) is 2.13. The van der Waals surface area contributed by atoms with Crippen LogP contribution in [-0.2, 0) is 0 Å². The molecule has 0 aromatic heterocycles. The second-order valence-electron chi connectivity index (χ2n) is 4.54. The molecule has 2 rings (SSSR count). The van der Waals surface area contributed by atoms with Crippen LogP contribution in [0.2, 0.25) is 0 Å². The first-order valence-electron chi connectivity index (χ1n) is 5.92. The molecular formula is C17H18. The Morgan fingerprint density at radius 2 is 1.35 bits per heavy atom. The molecule has 0 heteroatoms. The van der Waals surface area contributed by atoms with Gasteiger partial charge >= 0.3 is 0 Å². The maximum Gasteiger partial charge on any atom is -0.0152 e. The van der Waals surface area contributed by atoms with Gasteiger partial charge in [0.1, 0.15) is 0 Å². The zero-order valence-corrected chi connectivity index (χ0v) is 10.7. The molecule has 2 aromatic carbocycles. The zero-order chi connectivity index (χ0) is 12.4. The van der Waals surface area contributed by atoms with Gasteiger partial charge in [-0.3, -0.25) is 0 Å². The minimum atomic E-state index is 1.12. The minimum Gasteiger partial charge on any atom is -0.0905 e. The Morgan fingerprint density at radius 1 is 0.765 bits per heavy atom. The Hall–Kier alpha value is -1.82. The highest BCUT2D eigenvalue weighted by Gasteiger charge is 2.08. The summed E-state index contributed by atoms with van der Waals surface area (Å²) in [6.45, 7) is 10.7. The highest BCUT2D eigenvalue weighted by atomic mass is 14.1. The summed E-state index contributed by atoms with van der Waals surface area (Å²) >= 11 is 0. The van der Waals surface area contributed by atoms with Crippen LogP contribution in [0, 0.1) is 20.8 Å². The molecule has 0 N–H and O–H groups in total. The van der Waals surface area contributed by atoms with Crippen molar-refractivity contribution in [1.29, 1.82) is 0 Å². The van der Waals surface area contributed by atoms with Crippen molar-refractivity contribution in [1.82, 2.24) is 0 Å². The Morgan fingerprint density at radius 3 is 2.06 bits per heavy atom. The van der Waals surface area contributed by atoms with Crippen LogP contribution in [0.5, 0.6) is 0 Å². The molecule has 0 spiro atoms. The highest BCUT2D eigenvalue weighted by Crippen LogP contribution is 2.27. The lowest BCUT2D eigenvalue weighted by atomic mass is 9.91. The van der Waals surface area contributed by atoms with Gasteiger partial charge in [-0.2, -0.15) is 0 Å². The zero-order valence-electron chi connectivity index (χ0n) is 10.7. The molecule has 0 aliphatic rings. The number of hydrogen-bond donors (Lipinski definition) is 0. The van der Waals surface area contributed by atoms with Gasteiger partial charge in [0.2, 0.25) is 0 Å². The van der Waals surface area contributed by atoms with Crippen LogP contribution in [0.15, 0.2) is 49.0 Å². The van der Waals surface area contributed by atoms with Crippen molar-refractivity contribution < 1.29 is 0 Å². The average Bonchev–Trinajstić information content (AvgIpc) is 2.32. The molecule has 0 unspecified atom stereocenters. The molecule has 0 fully saturated rings. The molecule has 86 valence electrons. The summed E-state index contributed by atoms with van der Waals surface area (Å²) in [6.07, 6.45) is 0. The van der Waals surface area contributed by atoms with E-state index in [0.29, 0.717) is 0 Å².